The van der Waals surface area contributed by atoms with Crippen LogP contribution in [0.5, 0.6) is 0 Å². The molecule has 1 aliphatic rings. The highest BCUT2D eigenvalue weighted by atomic mass is 19.3. The Morgan fingerprint density at radius 3 is 2.67 bits per heavy atom. The molecule has 0 saturated carbocycles. The molecule has 2 aromatic rings. The monoisotopic (exact) mass is 329 g/mol. The second kappa shape index (κ2) is 7.87. The van der Waals surface area contributed by atoms with Crippen LogP contribution >= 0.6 is 0 Å². The summed E-state index contributed by atoms with van der Waals surface area (Å²) < 4.78 is 27.0. The van der Waals surface area contributed by atoms with Gasteiger partial charge in [-0.15, -0.1) is 0 Å². The first-order chi connectivity index (χ1) is 11.6. The number of aryl methyl sites for hydroxylation is 1. The van der Waals surface area contributed by atoms with Gasteiger partial charge in [0.15, 0.2) is 0 Å². The minimum atomic E-state index is -2.56. The molecule has 0 bridgehead atoms. The number of pyridine rings is 1. The van der Waals surface area contributed by atoms with Crippen LogP contribution in [0.4, 0.5) is 14.5 Å². The van der Waals surface area contributed by atoms with E-state index in [9.17, 15) is 8.78 Å². The van der Waals surface area contributed by atoms with Crippen molar-refractivity contribution in [1.82, 2.24) is 4.98 Å². The molecular formula is C19H21F2N3. The van der Waals surface area contributed by atoms with Crippen LogP contribution in [0.25, 0.3) is 11.1 Å². The Labute approximate surface area is 141 Å². The number of nitriles is 1. The van der Waals surface area contributed by atoms with Crippen LogP contribution in [0, 0.1) is 11.3 Å². The van der Waals surface area contributed by atoms with Crippen molar-refractivity contribution in [3.8, 4) is 17.2 Å². The maximum atomic E-state index is 13.5. The molecule has 1 aromatic carbocycles. The molecule has 0 amide bonds. The fourth-order valence-corrected chi connectivity index (χ4v) is 2.92. The van der Waals surface area contributed by atoms with Crippen LogP contribution in [-0.4, -0.2) is 18.6 Å². The minimum Gasteiger partial charge on any atom is -0.374 e. The largest absolute Gasteiger partial charge is 0.374 e. The lowest BCUT2D eigenvalue weighted by Gasteiger charge is -2.29. The van der Waals surface area contributed by atoms with Crippen LogP contribution in [0.2, 0.25) is 0 Å². The number of halogens is 2. The molecule has 1 aromatic heterocycles. The van der Waals surface area contributed by atoms with Crippen molar-refractivity contribution in [2.45, 2.75) is 33.1 Å². The highest BCUT2D eigenvalue weighted by Crippen LogP contribution is 2.38. The van der Waals surface area contributed by atoms with Crippen molar-refractivity contribution in [2.75, 3.05) is 18.5 Å². The van der Waals surface area contributed by atoms with Crippen LogP contribution in [0.3, 0.4) is 0 Å². The Morgan fingerprint density at radius 2 is 2.00 bits per heavy atom. The van der Waals surface area contributed by atoms with E-state index in [4.69, 9.17) is 5.26 Å². The Morgan fingerprint density at radius 1 is 1.25 bits per heavy atom. The molecule has 0 atom stereocenters. The third-order valence-electron chi connectivity index (χ3n) is 4.02. The molecule has 0 saturated heterocycles. The van der Waals surface area contributed by atoms with E-state index in [2.05, 4.69) is 4.98 Å². The second-order valence-corrected chi connectivity index (χ2v) is 5.44. The summed E-state index contributed by atoms with van der Waals surface area (Å²) in [6, 6.07) is 8.59. The number of hydrogen-bond acceptors (Lipinski definition) is 3. The first-order valence-electron chi connectivity index (χ1n) is 8.13. The van der Waals surface area contributed by atoms with E-state index in [-0.39, 0.29) is 11.3 Å². The van der Waals surface area contributed by atoms with Gasteiger partial charge in [-0.25, -0.2) is 13.8 Å². The molecule has 1 aliphatic heterocycles. The van der Waals surface area contributed by atoms with Gasteiger partial charge >= 0.3 is 0 Å². The van der Waals surface area contributed by atoms with Crippen LogP contribution < -0.4 is 4.90 Å². The zero-order valence-corrected chi connectivity index (χ0v) is 14.2. The van der Waals surface area contributed by atoms with E-state index in [1.807, 2.05) is 37.9 Å². The van der Waals surface area contributed by atoms with Crippen molar-refractivity contribution in [1.29, 1.82) is 5.26 Å². The lowest BCUT2D eigenvalue weighted by Crippen LogP contribution is -2.25. The molecule has 0 aliphatic carbocycles. The Bertz CT molecular complexity index is 751. The molecule has 2 heterocycles. The smallest absolute Gasteiger partial charge is 0.264 e. The van der Waals surface area contributed by atoms with Gasteiger partial charge in [-0.05, 0) is 53.8 Å². The topological polar surface area (TPSA) is 39.9 Å². The first-order valence-corrected chi connectivity index (χ1v) is 8.13. The Balaban J connectivity index is 0.00000100. The van der Waals surface area contributed by atoms with Crippen LogP contribution in [0.1, 0.15) is 43.5 Å². The average Bonchev–Trinajstić information content (AvgIpc) is 2.62. The minimum absolute atomic E-state index is 0.00240. The number of benzene rings is 1. The number of fused-ring (bicyclic) bond motifs is 1. The predicted octanol–water partition coefficient (Wildman–Crippen LogP) is 4.97. The molecule has 5 heteroatoms. The molecular weight excluding hydrogens is 308 g/mol. The van der Waals surface area contributed by atoms with Gasteiger partial charge in [-0.2, -0.15) is 5.26 Å². The molecule has 0 radical (unpaired) electrons. The predicted molar refractivity (Wildman–Crippen MR) is 92.3 cm³/mol. The summed E-state index contributed by atoms with van der Waals surface area (Å²) in [5, 5.41) is 8.95. The summed E-state index contributed by atoms with van der Waals surface area (Å²) in [6.45, 7) is 4.88. The normalized spacial score (nSPS) is 13.0. The quantitative estimate of drug-likeness (QED) is 0.781. The number of hydrogen-bond donors (Lipinski definition) is 0. The summed E-state index contributed by atoms with van der Waals surface area (Å²) in [5.74, 6) is 0. The summed E-state index contributed by atoms with van der Waals surface area (Å²) >= 11 is 0. The maximum Gasteiger partial charge on any atom is 0.264 e. The van der Waals surface area contributed by atoms with Crippen LogP contribution in [-0.2, 0) is 6.42 Å². The molecule has 24 heavy (non-hydrogen) atoms. The van der Waals surface area contributed by atoms with Gasteiger partial charge in [0.05, 0.1) is 0 Å². The summed E-state index contributed by atoms with van der Waals surface area (Å²) in [4.78, 5) is 5.92. The van der Waals surface area contributed by atoms with Crippen molar-refractivity contribution in [3.63, 3.8) is 0 Å². The van der Waals surface area contributed by atoms with Gasteiger partial charge in [0.25, 0.3) is 6.43 Å². The third kappa shape index (κ3) is 3.53. The summed E-state index contributed by atoms with van der Waals surface area (Å²) in [6.07, 6.45) is 0.812. The van der Waals surface area contributed by atoms with Crippen molar-refractivity contribution in [2.24, 2.45) is 0 Å². The van der Waals surface area contributed by atoms with Gasteiger partial charge in [0, 0.05) is 31.0 Å². The molecule has 0 N–H and O–H groups in total. The highest BCUT2D eigenvalue weighted by Gasteiger charge is 2.21. The van der Waals surface area contributed by atoms with E-state index in [0.29, 0.717) is 11.1 Å². The van der Waals surface area contributed by atoms with Crippen molar-refractivity contribution in [3.05, 3.63) is 47.3 Å². The molecule has 0 spiro atoms. The van der Waals surface area contributed by atoms with Crippen LogP contribution in [0.15, 0.2) is 30.5 Å². The zero-order chi connectivity index (χ0) is 17.7. The SMILES string of the molecule is CC.CN1CCCc2cc(-c3ccnc(C#N)c3)c(C(F)F)cc21. The number of anilines is 1. The Kier molecular flexibility index (Phi) is 5.86. The lowest BCUT2D eigenvalue weighted by molar-refractivity contribution is 0.152. The second-order valence-electron chi connectivity index (χ2n) is 5.44. The highest BCUT2D eigenvalue weighted by molar-refractivity contribution is 5.74. The Hall–Kier alpha value is -2.48. The first kappa shape index (κ1) is 17.9. The third-order valence-corrected chi connectivity index (χ3v) is 4.02. The molecule has 0 unspecified atom stereocenters. The van der Waals surface area contributed by atoms with Gasteiger partial charge in [0.2, 0.25) is 0 Å². The lowest BCUT2D eigenvalue weighted by atomic mass is 9.92. The molecule has 126 valence electrons. The van der Waals surface area contributed by atoms with Crippen molar-refractivity contribution >= 4 is 5.69 Å². The van der Waals surface area contributed by atoms with E-state index >= 15 is 0 Å². The standard InChI is InChI=1S/C17H15F2N3.C2H6/c1-22-6-2-3-12-8-14(15(17(18)19)9-16(12)22)11-4-5-21-13(7-11)10-20;1-2/h4-5,7-9,17H,2-3,6H2,1H3;1-2H3. The van der Waals surface area contributed by atoms with Gasteiger partial charge in [-0.1, -0.05) is 13.8 Å². The van der Waals surface area contributed by atoms with Gasteiger partial charge in [0.1, 0.15) is 11.8 Å². The van der Waals surface area contributed by atoms with Crippen molar-refractivity contribution < 1.29 is 8.78 Å². The zero-order valence-electron chi connectivity index (χ0n) is 14.2. The average molecular weight is 329 g/mol. The molecule has 3 nitrogen and oxygen atoms in total. The van der Waals surface area contributed by atoms with Gasteiger partial charge in [-0.3, -0.25) is 0 Å². The summed E-state index contributed by atoms with van der Waals surface area (Å²) in [5.41, 5.74) is 3.28. The maximum absolute atomic E-state index is 13.5. The summed E-state index contributed by atoms with van der Waals surface area (Å²) in [7, 11) is 1.92. The van der Waals surface area contributed by atoms with E-state index in [0.717, 1.165) is 30.6 Å². The van der Waals surface area contributed by atoms with Gasteiger partial charge < -0.3 is 4.90 Å². The number of nitrogens with zero attached hydrogens (tertiary/aromatic N) is 3. The fraction of sp³-hybridized carbons (Fsp3) is 0.368. The fourth-order valence-electron chi connectivity index (χ4n) is 2.92. The molecule has 0 fully saturated rings. The molecule has 3 rings (SSSR count). The van der Waals surface area contributed by atoms with E-state index in [1.54, 1.807) is 18.2 Å². The number of rotatable bonds is 2. The van der Waals surface area contributed by atoms with E-state index < -0.39 is 6.43 Å². The van der Waals surface area contributed by atoms with E-state index in [1.165, 1.54) is 6.20 Å². The number of aromatic nitrogens is 1. The number of alkyl halides is 2.